The van der Waals surface area contributed by atoms with Crippen LogP contribution in [0.25, 0.3) is 0 Å². The largest absolute Gasteiger partial charge is 0.493 e. The van der Waals surface area contributed by atoms with Gasteiger partial charge in [0.15, 0.2) is 11.5 Å². The number of aromatic nitrogens is 2. The van der Waals surface area contributed by atoms with E-state index >= 15 is 0 Å². The number of nitriles is 1. The quantitative estimate of drug-likeness (QED) is 0.781. The van der Waals surface area contributed by atoms with E-state index in [1.807, 2.05) is 6.92 Å². The minimum absolute atomic E-state index is 0.0126. The Morgan fingerprint density at radius 3 is 2.96 bits per heavy atom. The molecule has 3 rings (SSSR count). The molecule has 134 valence electrons. The van der Waals surface area contributed by atoms with Crippen LogP contribution in [0.3, 0.4) is 0 Å². The first-order valence-corrected chi connectivity index (χ1v) is 8.13. The van der Waals surface area contributed by atoms with Crippen molar-refractivity contribution in [2.45, 2.75) is 12.8 Å². The van der Waals surface area contributed by atoms with Gasteiger partial charge in [0.1, 0.15) is 18.2 Å². The Morgan fingerprint density at radius 1 is 1.54 bits per heavy atom. The monoisotopic (exact) mass is 372 g/mol. The van der Waals surface area contributed by atoms with Gasteiger partial charge in [-0.1, -0.05) is 24.3 Å². The molecule has 1 aromatic heterocycles. The average molecular weight is 373 g/mol. The van der Waals surface area contributed by atoms with Crippen LogP contribution >= 0.6 is 11.6 Å². The lowest BCUT2D eigenvalue weighted by Crippen LogP contribution is -2.21. The number of nitrogens with two attached hydrogens (primary N) is 1. The Kier molecular flexibility index (Phi) is 4.78. The second-order valence-electron chi connectivity index (χ2n) is 5.63. The van der Waals surface area contributed by atoms with E-state index in [0.717, 1.165) is 11.3 Å². The Balaban J connectivity index is 2.19. The first-order valence-electron chi connectivity index (χ1n) is 7.75. The molecule has 1 aliphatic rings. The molecule has 1 atom stereocenters. The molecule has 0 spiro atoms. The van der Waals surface area contributed by atoms with Crippen LogP contribution in [0.4, 0.5) is 0 Å². The van der Waals surface area contributed by atoms with Crippen LogP contribution < -0.4 is 19.9 Å². The molecule has 2 heterocycles. The number of allylic oxidation sites excluding steroid dienone is 1. The zero-order valence-electron chi connectivity index (χ0n) is 14.3. The molecule has 8 heteroatoms. The summed E-state index contributed by atoms with van der Waals surface area (Å²) in [4.78, 5) is 0. The van der Waals surface area contributed by atoms with E-state index < -0.39 is 5.92 Å². The lowest BCUT2D eigenvalue weighted by molar-refractivity contribution is 0.326. The summed E-state index contributed by atoms with van der Waals surface area (Å²) in [6.07, 6.45) is 1.61. The molecule has 0 saturated heterocycles. The van der Waals surface area contributed by atoms with Crippen molar-refractivity contribution in [1.29, 1.82) is 5.26 Å². The molecule has 0 fully saturated rings. The van der Waals surface area contributed by atoms with E-state index in [2.05, 4.69) is 22.8 Å². The number of ether oxygens (including phenoxy) is 3. The second-order valence-corrected chi connectivity index (χ2v) is 6.03. The Bertz CT molecular complexity index is 943. The van der Waals surface area contributed by atoms with Gasteiger partial charge in [0.05, 0.1) is 18.1 Å². The Hall–Kier alpha value is -3.11. The van der Waals surface area contributed by atoms with Crippen LogP contribution in [-0.4, -0.2) is 23.9 Å². The highest BCUT2D eigenvalue weighted by molar-refractivity contribution is 6.32. The van der Waals surface area contributed by atoms with Crippen molar-refractivity contribution in [3.63, 3.8) is 0 Å². The molecule has 0 amide bonds. The maximum Gasteiger partial charge on any atom is 0.244 e. The second kappa shape index (κ2) is 7.02. The summed E-state index contributed by atoms with van der Waals surface area (Å²) in [5.74, 6) is 0.718. The van der Waals surface area contributed by atoms with Crippen molar-refractivity contribution >= 4 is 11.6 Å². The molecule has 1 unspecified atom stereocenters. The van der Waals surface area contributed by atoms with Gasteiger partial charge in [0, 0.05) is 11.3 Å². The van der Waals surface area contributed by atoms with Gasteiger partial charge >= 0.3 is 0 Å². The first kappa shape index (κ1) is 17.7. The molecule has 0 aliphatic carbocycles. The van der Waals surface area contributed by atoms with E-state index in [1.54, 1.807) is 18.2 Å². The lowest BCUT2D eigenvalue weighted by Gasteiger charge is -2.24. The summed E-state index contributed by atoms with van der Waals surface area (Å²) in [6, 6.07) is 5.61. The van der Waals surface area contributed by atoms with Gasteiger partial charge < -0.3 is 19.9 Å². The Morgan fingerprint density at radius 2 is 2.31 bits per heavy atom. The summed E-state index contributed by atoms with van der Waals surface area (Å²) >= 11 is 6.41. The number of aromatic amines is 1. The number of hydrogen-bond acceptors (Lipinski definition) is 6. The molecule has 26 heavy (non-hydrogen) atoms. The molecule has 0 radical (unpaired) electrons. The number of H-pyrrole nitrogens is 1. The molecule has 0 saturated carbocycles. The summed E-state index contributed by atoms with van der Waals surface area (Å²) < 4.78 is 16.5. The Labute approximate surface area is 155 Å². The molecule has 7 nitrogen and oxygen atoms in total. The van der Waals surface area contributed by atoms with Crippen molar-refractivity contribution in [2.24, 2.45) is 5.73 Å². The fourth-order valence-electron chi connectivity index (χ4n) is 2.92. The highest BCUT2D eigenvalue weighted by Crippen LogP contribution is 2.46. The summed E-state index contributed by atoms with van der Waals surface area (Å²) in [5, 5.41) is 16.9. The fraction of sp³-hybridized carbons (Fsp3) is 0.222. The molecular weight excluding hydrogens is 356 g/mol. The third kappa shape index (κ3) is 2.85. The van der Waals surface area contributed by atoms with Crippen LogP contribution in [-0.2, 0) is 0 Å². The van der Waals surface area contributed by atoms with E-state index in [1.165, 1.54) is 7.11 Å². The number of halogens is 1. The number of nitrogens with one attached hydrogen (secondary N) is 1. The molecule has 3 N–H and O–H groups in total. The van der Waals surface area contributed by atoms with Crippen molar-refractivity contribution in [1.82, 2.24) is 10.2 Å². The van der Waals surface area contributed by atoms with Crippen LogP contribution in [0.5, 0.6) is 17.4 Å². The standard InChI is InChI=1S/C18H17ClN4O3/c1-4-5-25-16-12(19)6-10(7-13(16)24-3)15-11(8-20)17(21)26-18-14(15)9(2)22-23-18/h4,6-7,15H,1,5,21H2,2-3H3,(H,22,23). The van der Waals surface area contributed by atoms with Crippen LogP contribution in [0.2, 0.25) is 5.02 Å². The number of methoxy groups -OCH3 is 1. The molecule has 1 aliphatic heterocycles. The minimum atomic E-state index is -0.484. The van der Waals surface area contributed by atoms with E-state index in [9.17, 15) is 5.26 Å². The number of rotatable bonds is 5. The molecular formula is C18H17ClN4O3. The number of aryl methyl sites for hydroxylation is 1. The highest BCUT2D eigenvalue weighted by atomic mass is 35.5. The molecule has 2 aromatic rings. The third-order valence-electron chi connectivity index (χ3n) is 4.06. The van der Waals surface area contributed by atoms with Gasteiger partial charge in [-0.3, -0.25) is 5.10 Å². The van der Waals surface area contributed by atoms with Gasteiger partial charge in [-0.2, -0.15) is 5.26 Å². The zero-order valence-corrected chi connectivity index (χ0v) is 15.1. The van der Waals surface area contributed by atoms with Crippen molar-refractivity contribution in [3.05, 3.63) is 58.1 Å². The van der Waals surface area contributed by atoms with Crippen molar-refractivity contribution < 1.29 is 14.2 Å². The number of fused-ring (bicyclic) bond motifs is 1. The summed E-state index contributed by atoms with van der Waals surface area (Å²) in [6.45, 7) is 5.75. The van der Waals surface area contributed by atoms with E-state index in [0.29, 0.717) is 28.0 Å². The molecule has 1 aromatic carbocycles. The minimum Gasteiger partial charge on any atom is -0.493 e. The lowest BCUT2D eigenvalue weighted by atomic mass is 9.84. The number of nitrogens with zero attached hydrogens (tertiary/aromatic N) is 2. The number of hydrogen-bond donors (Lipinski definition) is 2. The summed E-state index contributed by atoms with van der Waals surface area (Å²) in [5.41, 5.74) is 8.42. The van der Waals surface area contributed by atoms with Gasteiger partial charge in [-0.15, -0.1) is 5.10 Å². The maximum absolute atomic E-state index is 9.62. The van der Waals surface area contributed by atoms with Crippen LogP contribution in [0.1, 0.15) is 22.7 Å². The van der Waals surface area contributed by atoms with Gasteiger partial charge in [0.2, 0.25) is 11.8 Å². The SMILES string of the molecule is C=CCOc1c(Cl)cc(C2C(C#N)=C(N)Oc3n[nH]c(C)c32)cc1OC. The van der Waals surface area contributed by atoms with Crippen molar-refractivity contribution in [2.75, 3.05) is 13.7 Å². The van der Waals surface area contributed by atoms with Gasteiger partial charge in [-0.05, 0) is 24.6 Å². The maximum atomic E-state index is 9.62. The number of benzene rings is 1. The van der Waals surface area contributed by atoms with Crippen molar-refractivity contribution in [3.8, 4) is 23.4 Å². The van der Waals surface area contributed by atoms with E-state index in [-0.39, 0.29) is 18.1 Å². The normalized spacial score (nSPS) is 15.7. The third-order valence-corrected chi connectivity index (χ3v) is 4.34. The molecule has 0 bridgehead atoms. The first-order chi connectivity index (χ1) is 12.5. The smallest absolute Gasteiger partial charge is 0.244 e. The zero-order chi connectivity index (χ0) is 18.8. The average Bonchev–Trinajstić information content (AvgIpc) is 2.99. The highest BCUT2D eigenvalue weighted by Gasteiger charge is 2.35. The van der Waals surface area contributed by atoms with Crippen LogP contribution in [0, 0.1) is 18.3 Å². The summed E-state index contributed by atoms with van der Waals surface area (Å²) in [7, 11) is 1.52. The topological polar surface area (TPSA) is 106 Å². The van der Waals surface area contributed by atoms with Gasteiger partial charge in [0.25, 0.3) is 0 Å². The van der Waals surface area contributed by atoms with Crippen LogP contribution in [0.15, 0.2) is 36.2 Å². The predicted molar refractivity (Wildman–Crippen MR) is 96.3 cm³/mol. The van der Waals surface area contributed by atoms with Gasteiger partial charge in [-0.25, -0.2) is 0 Å². The van der Waals surface area contributed by atoms with E-state index in [4.69, 9.17) is 31.5 Å². The predicted octanol–water partition coefficient (Wildman–Crippen LogP) is 3.16. The fourth-order valence-corrected chi connectivity index (χ4v) is 3.19.